The summed E-state index contributed by atoms with van der Waals surface area (Å²) in [7, 11) is 0. The molecule has 0 amide bonds. The maximum atomic E-state index is 11.2. The van der Waals surface area contributed by atoms with Gasteiger partial charge in [0.2, 0.25) is 0 Å². The van der Waals surface area contributed by atoms with Crippen molar-refractivity contribution in [3.63, 3.8) is 0 Å². The Kier molecular flexibility index (Phi) is 5.22. The van der Waals surface area contributed by atoms with Crippen molar-refractivity contribution in [3.8, 4) is 0 Å². The number of ether oxygens (including phenoxy) is 1. The van der Waals surface area contributed by atoms with Gasteiger partial charge in [-0.25, -0.2) is 4.98 Å². The summed E-state index contributed by atoms with van der Waals surface area (Å²) in [6, 6.07) is 1.84. The Morgan fingerprint density at radius 2 is 2.61 bits per heavy atom. The molecule has 2 atom stereocenters. The highest BCUT2D eigenvalue weighted by molar-refractivity contribution is 7.99. The number of hydrogen-bond donors (Lipinski definition) is 2. The second-order valence-corrected chi connectivity index (χ2v) is 5.35. The van der Waals surface area contributed by atoms with Gasteiger partial charge in [0, 0.05) is 36.6 Å². The van der Waals surface area contributed by atoms with E-state index in [1.54, 1.807) is 18.0 Å². The number of hydrogen-bond acceptors (Lipinski definition) is 5. The molecule has 5 nitrogen and oxygen atoms in total. The Morgan fingerprint density at radius 3 is 3.28 bits per heavy atom. The highest BCUT2D eigenvalue weighted by Crippen LogP contribution is 2.22. The summed E-state index contributed by atoms with van der Waals surface area (Å²) >= 11 is 1.58. The molecule has 1 aliphatic rings. The molecule has 0 aromatic carbocycles. The SMILES string of the molecule is CCNC(CSc1nccc(=O)[nH]1)C1CCOC1. The zero-order valence-corrected chi connectivity index (χ0v) is 11.3. The molecular formula is C12H19N3O2S. The second-order valence-electron chi connectivity index (χ2n) is 4.34. The zero-order valence-electron chi connectivity index (χ0n) is 10.5. The Balaban J connectivity index is 1.90. The number of rotatable bonds is 6. The maximum absolute atomic E-state index is 11.2. The van der Waals surface area contributed by atoms with Gasteiger partial charge in [-0.15, -0.1) is 0 Å². The Morgan fingerprint density at radius 1 is 1.72 bits per heavy atom. The first-order valence-corrected chi connectivity index (χ1v) is 7.27. The van der Waals surface area contributed by atoms with Gasteiger partial charge < -0.3 is 15.0 Å². The van der Waals surface area contributed by atoms with Gasteiger partial charge >= 0.3 is 0 Å². The molecule has 0 bridgehead atoms. The van der Waals surface area contributed by atoms with Crippen molar-refractivity contribution in [3.05, 3.63) is 22.6 Å². The minimum absolute atomic E-state index is 0.100. The Bertz CT molecular complexity index is 418. The van der Waals surface area contributed by atoms with E-state index in [9.17, 15) is 4.79 Å². The van der Waals surface area contributed by atoms with E-state index in [-0.39, 0.29) is 5.56 Å². The van der Waals surface area contributed by atoms with Crippen molar-refractivity contribution in [1.29, 1.82) is 0 Å². The first-order valence-electron chi connectivity index (χ1n) is 6.29. The third kappa shape index (κ3) is 3.83. The van der Waals surface area contributed by atoms with Crippen LogP contribution in [0.3, 0.4) is 0 Å². The summed E-state index contributed by atoms with van der Waals surface area (Å²) in [6.07, 6.45) is 2.65. The molecule has 2 N–H and O–H groups in total. The molecule has 0 radical (unpaired) electrons. The molecule has 0 spiro atoms. The van der Waals surface area contributed by atoms with Crippen LogP contribution in [0, 0.1) is 5.92 Å². The molecule has 2 heterocycles. The highest BCUT2D eigenvalue weighted by Gasteiger charge is 2.25. The van der Waals surface area contributed by atoms with Gasteiger partial charge in [0.15, 0.2) is 5.16 Å². The van der Waals surface area contributed by atoms with Crippen LogP contribution in [0.1, 0.15) is 13.3 Å². The average molecular weight is 269 g/mol. The quantitative estimate of drug-likeness (QED) is 0.593. The summed E-state index contributed by atoms with van der Waals surface area (Å²) < 4.78 is 5.43. The largest absolute Gasteiger partial charge is 0.381 e. The molecule has 2 rings (SSSR count). The minimum atomic E-state index is -0.100. The van der Waals surface area contributed by atoms with E-state index in [1.807, 2.05) is 0 Å². The monoisotopic (exact) mass is 269 g/mol. The summed E-state index contributed by atoms with van der Waals surface area (Å²) in [5.74, 6) is 1.46. The van der Waals surface area contributed by atoms with Crippen molar-refractivity contribution in [2.45, 2.75) is 24.5 Å². The number of aromatic nitrogens is 2. The van der Waals surface area contributed by atoms with Crippen LogP contribution in [-0.4, -0.2) is 41.5 Å². The predicted molar refractivity (Wildman–Crippen MR) is 72.0 cm³/mol. The van der Waals surface area contributed by atoms with E-state index in [1.165, 1.54) is 6.07 Å². The number of aromatic amines is 1. The normalized spacial score (nSPS) is 21.1. The van der Waals surface area contributed by atoms with Crippen LogP contribution in [0.5, 0.6) is 0 Å². The van der Waals surface area contributed by atoms with Crippen molar-refractivity contribution >= 4 is 11.8 Å². The number of nitrogens with one attached hydrogen (secondary N) is 2. The number of H-pyrrole nitrogens is 1. The van der Waals surface area contributed by atoms with Gasteiger partial charge in [-0.1, -0.05) is 18.7 Å². The van der Waals surface area contributed by atoms with Crippen molar-refractivity contribution in [2.75, 3.05) is 25.5 Å². The summed E-state index contributed by atoms with van der Waals surface area (Å²) in [5.41, 5.74) is -0.100. The van der Waals surface area contributed by atoms with Crippen LogP contribution in [0.4, 0.5) is 0 Å². The molecule has 18 heavy (non-hydrogen) atoms. The first kappa shape index (κ1) is 13.6. The third-order valence-corrected chi connectivity index (χ3v) is 4.05. The summed E-state index contributed by atoms with van der Waals surface area (Å²) in [5, 5.41) is 4.17. The van der Waals surface area contributed by atoms with Crippen molar-refractivity contribution in [2.24, 2.45) is 5.92 Å². The van der Waals surface area contributed by atoms with Gasteiger partial charge in [0.1, 0.15) is 0 Å². The molecule has 2 unspecified atom stereocenters. The van der Waals surface area contributed by atoms with E-state index in [0.29, 0.717) is 17.1 Å². The lowest BCUT2D eigenvalue weighted by molar-refractivity contribution is 0.179. The fraction of sp³-hybridized carbons (Fsp3) is 0.667. The molecule has 1 saturated heterocycles. The number of thioether (sulfide) groups is 1. The maximum Gasteiger partial charge on any atom is 0.251 e. The third-order valence-electron chi connectivity index (χ3n) is 3.05. The topological polar surface area (TPSA) is 67.0 Å². The molecule has 1 aromatic rings. The molecule has 6 heteroatoms. The molecular weight excluding hydrogens is 250 g/mol. The predicted octanol–water partition coefficient (Wildman–Crippen LogP) is 0.877. The molecule has 1 aromatic heterocycles. The van der Waals surface area contributed by atoms with Crippen LogP contribution >= 0.6 is 11.8 Å². The van der Waals surface area contributed by atoms with E-state index >= 15 is 0 Å². The fourth-order valence-corrected chi connectivity index (χ4v) is 3.12. The Hall–Kier alpha value is -0.850. The second kappa shape index (κ2) is 6.92. The van der Waals surface area contributed by atoms with Gasteiger partial charge in [-0.05, 0) is 13.0 Å². The van der Waals surface area contributed by atoms with E-state index in [2.05, 4.69) is 22.2 Å². The Labute approximate surface area is 111 Å². The smallest absolute Gasteiger partial charge is 0.251 e. The van der Waals surface area contributed by atoms with E-state index < -0.39 is 0 Å². The summed E-state index contributed by atoms with van der Waals surface area (Å²) in [6.45, 7) is 4.74. The van der Waals surface area contributed by atoms with Gasteiger partial charge in [0.25, 0.3) is 5.56 Å². The lowest BCUT2D eigenvalue weighted by Gasteiger charge is -2.22. The van der Waals surface area contributed by atoms with Crippen LogP contribution in [0.25, 0.3) is 0 Å². The molecule has 1 aliphatic heterocycles. The zero-order chi connectivity index (χ0) is 12.8. The standard InChI is InChI=1S/C12H19N3O2S/c1-2-13-10(9-4-6-17-7-9)8-18-12-14-5-3-11(16)15-12/h3,5,9-10,13H,2,4,6-8H2,1H3,(H,14,15,16). The minimum Gasteiger partial charge on any atom is -0.381 e. The van der Waals surface area contributed by atoms with Crippen molar-refractivity contribution < 1.29 is 4.74 Å². The van der Waals surface area contributed by atoms with Crippen molar-refractivity contribution in [1.82, 2.24) is 15.3 Å². The first-order chi connectivity index (χ1) is 8.79. The molecule has 100 valence electrons. The van der Waals surface area contributed by atoms with Crippen LogP contribution in [0.15, 0.2) is 22.2 Å². The number of nitrogens with zero attached hydrogens (tertiary/aromatic N) is 1. The van der Waals surface area contributed by atoms with E-state index in [4.69, 9.17) is 4.74 Å². The lowest BCUT2D eigenvalue weighted by atomic mass is 10.0. The highest BCUT2D eigenvalue weighted by atomic mass is 32.2. The van der Waals surface area contributed by atoms with Gasteiger partial charge in [0.05, 0.1) is 6.61 Å². The van der Waals surface area contributed by atoms with Crippen LogP contribution in [0.2, 0.25) is 0 Å². The van der Waals surface area contributed by atoms with Gasteiger partial charge in [-0.2, -0.15) is 0 Å². The average Bonchev–Trinajstić information content (AvgIpc) is 2.88. The van der Waals surface area contributed by atoms with Crippen LogP contribution in [-0.2, 0) is 4.74 Å². The fourth-order valence-electron chi connectivity index (χ4n) is 2.09. The molecule has 0 aliphatic carbocycles. The van der Waals surface area contributed by atoms with E-state index in [0.717, 1.165) is 31.9 Å². The summed E-state index contributed by atoms with van der Waals surface area (Å²) in [4.78, 5) is 18.1. The lowest BCUT2D eigenvalue weighted by Crippen LogP contribution is -2.38. The van der Waals surface area contributed by atoms with Crippen LogP contribution < -0.4 is 10.9 Å². The molecule has 0 saturated carbocycles. The van der Waals surface area contributed by atoms with Gasteiger partial charge in [-0.3, -0.25) is 4.79 Å². The molecule has 1 fully saturated rings.